The summed E-state index contributed by atoms with van der Waals surface area (Å²) in [5.74, 6) is 0. The molecule has 0 aliphatic carbocycles. The standard InChI is InChI=1S/C14H20O2/c1-5-12-6-8-13(9-7-12)10-15-16-11-14(2,3)4/h5-9H,1,10-11H2,2-4H3. The summed E-state index contributed by atoms with van der Waals surface area (Å²) in [6.45, 7) is 11.1. The zero-order valence-corrected chi connectivity index (χ0v) is 10.3. The summed E-state index contributed by atoms with van der Waals surface area (Å²) >= 11 is 0. The van der Waals surface area contributed by atoms with Crippen molar-refractivity contribution >= 4 is 6.08 Å². The van der Waals surface area contributed by atoms with Crippen LogP contribution in [0.3, 0.4) is 0 Å². The molecule has 0 amide bonds. The van der Waals surface area contributed by atoms with Gasteiger partial charge in [-0.2, -0.15) is 0 Å². The minimum atomic E-state index is 0.132. The van der Waals surface area contributed by atoms with Crippen LogP contribution < -0.4 is 0 Å². The predicted octanol–water partition coefficient (Wildman–Crippen LogP) is 3.82. The third-order valence-electron chi connectivity index (χ3n) is 2.02. The molecule has 1 rings (SSSR count). The largest absolute Gasteiger partial charge is 0.236 e. The van der Waals surface area contributed by atoms with Crippen LogP contribution in [-0.4, -0.2) is 6.61 Å². The lowest BCUT2D eigenvalue weighted by Crippen LogP contribution is -2.14. The van der Waals surface area contributed by atoms with E-state index in [1.807, 2.05) is 30.3 Å². The average Bonchev–Trinajstić information content (AvgIpc) is 2.24. The van der Waals surface area contributed by atoms with Crippen molar-refractivity contribution in [1.29, 1.82) is 0 Å². The van der Waals surface area contributed by atoms with Crippen molar-refractivity contribution in [2.75, 3.05) is 6.61 Å². The summed E-state index contributed by atoms with van der Waals surface area (Å²) in [6, 6.07) is 8.04. The Bertz CT molecular complexity index is 320. The lowest BCUT2D eigenvalue weighted by atomic mass is 9.99. The lowest BCUT2D eigenvalue weighted by molar-refractivity contribution is -0.315. The van der Waals surface area contributed by atoms with Crippen molar-refractivity contribution in [2.24, 2.45) is 5.41 Å². The molecule has 88 valence electrons. The fourth-order valence-corrected chi connectivity index (χ4v) is 1.08. The summed E-state index contributed by atoms with van der Waals surface area (Å²) in [7, 11) is 0. The molecule has 0 spiro atoms. The highest BCUT2D eigenvalue weighted by atomic mass is 17.2. The van der Waals surface area contributed by atoms with Crippen molar-refractivity contribution in [1.82, 2.24) is 0 Å². The predicted molar refractivity (Wildman–Crippen MR) is 66.7 cm³/mol. The summed E-state index contributed by atoms with van der Waals surface area (Å²) in [5.41, 5.74) is 2.34. The normalized spacial score (nSPS) is 11.4. The molecule has 0 N–H and O–H groups in total. The van der Waals surface area contributed by atoms with Crippen molar-refractivity contribution in [3.05, 3.63) is 42.0 Å². The van der Waals surface area contributed by atoms with Crippen LogP contribution in [0.25, 0.3) is 6.08 Å². The summed E-state index contributed by atoms with van der Waals surface area (Å²) in [5, 5.41) is 0. The van der Waals surface area contributed by atoms with Gasteiger partial charge < -0.3 is 0 Å². The maximum Gasteiger partial charge on any atom is 0.107 e. The first kappa shape index (κ1) is 12.9. The van der Waals surface area contributed by atoms with Crippen LogP contribution >= 0.6 is 0 Å². The molecule has 0 radical (unpaired) electrons. The molecular weight excluding hydrogens is 200 g/mol. The van der Waals surface area contributed by atoms with Gasteiger partial charge in [-0.1, -0.05) is 57.7 Å². The molecule has 0 aliphatic rings. The molecule has 0 unspecified atom stereocenters. The fraction of sp³-hybridized carbons (Fsp3) is 0.429. The number of hydrogen-bond donors (Lipinski definition) is 0. The van der Waals surface area contributed by atoms with Crippen molar-refractivity contribution in [3.63, 3.8) is 0 Å². The van der Waals surface area contributed by atoms with E-state index >= 15 is 0 Å². The number of rotatable bonds is 5. The zero-order valence-electron chi connectivity index (χ0n) is 10.3. The van der Waals surface area contributed by atoms with Gasteiger partial charge in [0.1, 0.15) is 6.61 Å². The Morgan fingerprint density at radius 1 is 1.12 bits per heavy atom. The molecule has 16 heavy (non-hydrogen) atoms. The molecule has 1 aromatic rings. The molecule has 1 aromatic carbocycles. The zero-order chi connectivity index (χ0) is 12.0. The van der Waals surface area contributed by atoms with Crippen LogP contribution in [0.2, 0.25) is 0 Å². The van der Waals surface area contributed by atoms with E-state index < -0.39 is 0 Å². The van der Waals surface area contributed by atoms with E-state index in [-0.39, 0.29) is 5.41 Å². The molecule has 0 saturated heterocycles. The third-order valence-corrected chi connectivity index (χ3v) is 2.02. The summed E-state index contributed by atoms with van der Waals surface area (Å²) < 4.78 is 0. The Morgan fingerprint density at radius 2 is 1.75 bits per heavy atom. The van der Waals surface area contributed by atoms with E-state index in [9.17, 15) is 0 Å². The van der Waals surface area contributed by atoms with Crippen LogP contribution in [0.5, 0.6) is 0 Å². The Morgan fingerprint density at radius 3 is 2.25 bits per heavy atom. The molecule has 0 aliphatic heterocycles. The van der Waals surface area contributed by atoms with E-state index in [2.05, 4.69) is 27.4 Å². The molecule has 0 bridgehead atoms. The molecule has 0 heterocycles. The fourth-order valence-electron chi connectivity index (χ4n) is 1.08. The molecular formula is C14H20O2. The molecule has 0 atom stereocenters. The smallest absolute Gasteiger partial charge is 0.107 e. The molecule has 2 heteroatoms. The first-order valence-electron chi connectivity index (χ1n) is 5.47. The lowest BCUT2D eigenvalue weighted by Gasteiger charge is -2.16. The highest BCUT2D eigenvalue weighted by molar-refractivity contribution is 5.47. The van der Waals surface area contributed by atoms with E-state index in [4.69, 9.17) is 9.78 Å². The van der Waals surface area contributed by atoms with Crippen LogP contribution in [-0.2, 0) is 16.4 Å². The number of benzene rings is 1. The van der Waals surface area contributed by atoms with Crippen LogP contribution in [0.1, 0.15) is 31.9 Å². The van der Waals surface area contributed by atoms with Gasteiger partial charge in [0.25, 0.3) is 0 Å². The van der Waals surface area contributed by atoms with Gasteiger partial charge in [0.2, 0.25) is 0 Å². The summed E-state index contributed by atoms with van der Waals surface area (Å²) in [4.78, 5) is 10.3. The minimum Gasteiger partial charge on any atom is -0.236 e. The van der Waals surface area contributed by atoms with Gasteiger partial charge in [-0.25, -0.2) is 9.78 Å². The van der Waals surface area contributed by atoms with Crippen LogP contribution in [0.4, 0.5) is 0 Å². The van der Waals surface area contributed by atoms with Gasteiger partial charge in [0, 0.05) is 0 Å². The second-order valence-electron chi connectivity index (χ2n) is 5.03. The highest BCUT2D eigenvalue weighted by Gasteiger charge is 2.10. The van der Waals surface area contributed by atoms with E-state index in [0.29, 0.717) is 13.2 Å². The van der Waals surface area contributed by atoms with Gasteiger partial charge in [-0.15, -0.1) is 0 Å². The molecule has 0 aromatic heterocycles. The quantitative estimate of drug-likeness (QED) is 0.426. The molecule has 0 fully saturated rings. The van der Waals surface area contributed by atoms with Crippen molar-refractivity contribution in [2.45, 2.75) is 27.4 Å². The van der Waals surface area contributed by atoms with Gasteiger partial charge in [0.05, 0.1) is 6.61 Å². The Balaban J connectivity index is 2.29. The molecule has 0 saturated carbocycles. The van der Waals surface area contributed by atoms with Gasteiger partial charge in [-0.3, -0.25) is 0 Å². The van der Waals surface area contributed by atoms with E-state index in [1.165, 1.54) is 0 Å². The van der Waals surface area contributed by atoms with Crippen molar-refractivity contribution < 1.29 is 9.78 Å². The maximum absolute atomic E-state index is 5.14. The number of hydrogen-bond acceptors (Lipinski definition) is 2. The topological polar surface area (TPSA) is 18.5 Å². The second kappa shape index (κ2) is 5.83. The highest BCUT2D eigenvalue weighted by Crippen LogP contribution is 2.13. The van der Waals surface area contributed by atoms with Crippen LogP contribution in [0, 0.1) is 5.41 Å². The van der Waals surface area contributed by atoms with E-state index in [1.54, 1.807) is 0 Å². The first-order chi connectivity index (χ1) is 7.51. The van der Waals surface area contributed by atoms with Gasteiger partial charge in [0.15, 0.2) is 0 Å². The second-order valence-corrected chi connectivity index (χ2v) is 5.03. The Kier molecular flexibility index (Phi) is 4.71. The SMILES string of the molecule is C=Cc1ccc(COOCC(C)(C)C)cc1. The Labute approximate surface area is 97.8 Å². The first-order valence-corrected chi connectivity index (χ1v) is 5.47. The third kappa shape index (κ3) is 5.10. The summed E-state index contributed by atoms with van der Waals surface area (Å²) in [6.07, 6.45) is 1.82. The maximum atomic E-state index is 5.14. The average molecular weight is 220 g/mol. The van der Waals surface area contributed by atoms with Crippen LogP contribution in [0.15, 0.2) is 30.8 Å². The Hall–Kier alpha value is -1.12. The van der Waals surface area contributed by atoms with Crippen molar-refractivity contribution in [3.8, 4) is 0 Å². The monoisotopic (exact) mass is 220 g/mol. The van der Waals surface area contributed by atoms with Gasteiger partial charge >= 0.3 is 0 Å². The van der Waals surface area contributed by atoms with E-state index in [0.717, 1.165) is 11.1 Å². The molecule has 2 nitrogen and oxygen atoms in total. The minimum absolute atomic E-state index is 0.132. The van der Waals surface area contributed by atoms with Gasteiger partial charge in [-0.05, 0) is 16.5 Å².